The van der Waals surface area contributed by atoms with Gasteiger partial charge in [-0.15, -0.1) is 0 Å². The summed E-state index contributed by atoms with van der Waals surface area (Å²) in [5.74, 6) is -0.0241. The highest BCUT2D eigenvalue weighted by atomic mass is 16.1. The Bertz CT molecular complexity index is 350. The maximum absolute atomic E-state index is 12.1. The molecule has 1 N–H and O–H groups in total. The molecule has 1 fully saturated rings. The van der Waals surface area contributed by atoms with Gasteiger partial charge in [0.2, 0.25) is 0 Å². The molecule has 1 saturated carbocycles. The van der Waals surface area contributed by atoms with E-state index in [1.165, 1.54) is 0 Å². The molecule has 3 nitrogen and oxygen atoms in total. The summed E-state index contributed by atoms with van der Waals surface area (Å²) in [7, 11) is 1.67. The summed E-state index contributed by atoms with van der Waals surface area (Å²) < 4.78 is 0. The topological polar surface area (TPSA) is 41.5 Å². The van der Waals surface area contributed by atoms with E-state index in [4.69, 9.17) is 0 Å². The van der Waals surface area contributed by atoms with Gasteiger partial charge in [-0.2, -0.15) is 0 Å². The van der Waals surface area contributed by atoms with Crippen LogP contribution >= 0.6 is 0 Å². The van der Waals surface area contributed by atoms with E-state index in [0.717, 1.165) is 6.42 Å². The van der Waals surface area contributed by atoms with E-state index in [1.54, 1.807) is 19.3 Å². The minimum Gasteiger partial charge on any atom is -0.348 e. The first kappa shape index (κ1) is 13.9. The maximum atomic E-state index is 12.1. The van der Waals surface area contributed by atoms with Crippen LogP contribution in [-0.2, 0) is 4.79 Å². The summed E-state index contributed by atoms with van der Waals surface area (Å²) >= 11 is 0. The third-order valence-corrected chi connectivity index (χ3v) is 3.59. The molecule has 1 rings (SSSR count). The first-order chi connectivity index (χ1) is 7.74. The van der Waals surface area contributed by atoms with Crippen LogP contribution in [0.4, 0.5) is 0 Å². The Morgan fingerprint density at radius 2 is 1.82 bits per heavy atom. The van der Waals surface area contributed by atoms with E-state index in [0.29, 0.717) is 5.57 Å². The Balaban J connectivity index is 2.75. The van der Waals surface area contributed by atoms with Crippen molar-refractivity contribution in [1.82, 2.24) is 5.32 Å². The average Bonchev–Trinajstić information content (AvgIpc) is 2.20. The van der Waals surface area contributed by atoms with Crippen molar-refractivity contribution in [2.24, 2.45) is 15.8 Å². The minimum absolute atomic E-state index is 0.0241. The summed E-state index contributed by atoms with van der Waals surface area (Å²) in [6.07, 6.45) is 4.53. The van der Waals surface area contributed by atoms with Crippen molar-refractivity contribution < 1.29 is 4.79 Å². The molecule has 1 aliphatic carbocycles. The second-order valence-electron chi connectivity index (χ2n) is 6.19. The summed E-state index contributed by atoms with van der Waals surface area (Å²) in [5.41, 5.74) is 0.994. The number of carbonyl (C=O) groups excluding carboxylic acids is 1. The van der Waals surface area contributed by atoms with Crippen LogP contribution in [0.2, 0.25) is 0 Å². The van der Waals surface area contributed by atoms with Crippen LogP contribution in [0.1, 0.15) is 41.0 Å². The number of nitrogens with zero attached hydrogens (tertiary/aromatic N) is 1. The number of nitrogens with one attached hydrogen (secondary N) is 1. The number of amides is 1. The molecule has 17 heavy (non-hydrogen) atoms. The Hall–Kier alpha value is -1.12. The molecule has 0 aliphatic heterocycles. The van der Waals surface area contributed by atoms with Gasteiger partial charge in [-0.05, 0) is 24.2 Å². The van der Waals surface area contributed by atoms with E-state index in [2.05, 4.69) is 38.0 Å². The summed E-state index contributed by atoms with van der Waals surface area (Å²) in [6.45, 7) is 10.7. The van der Waals surface area contributed by atoms with Crippen molar-refractivity contribution in [3.05, 3.63) is 11.6 Å². The first-order valence-electron chi connectivity index (χ1n) is 6.14. The fourth-order valence-corrected chi connectivity index (χ4v) is 3.31. The Morgan fingerprint density at radius 3 is 2.18 bits per heavy atom. The van der Waals surface area contributed by atoms with Crippen LogP contribution in [0.25, 0.3) is 0 Å². The predicted molar refractivity (Wildman–Crippen MR) is 72.3 cm³/mol. The van der Waals surface area contributed by atoms with Crippen molar-refractivity contribution in [2.75, 3.05) is 7.05 Å². The quantitative estimate of drug-likeness (QED) is 0.594. The second kappa shape index (κ2) is 4.63. The molecule has 0 bridgehead atoms. The molecule has 0 atom stereocenters. The van der Waals surface area contributed by atoms with Gasteiger partial charge < -0.3 is 5.32 Å². The molecule has 0 heterocycles. The average molecular weight is 236 g/mol. The monoisotopic (exact) mass is 236 g/mol. The molecule has 0 aromatic carbocycles. The molecular weight excluding hydrogens is 212 g/mol. The third kappa shape index (κ3) is 2.76. The van der Waals surface area contributed by atoms with E-state index in [-0.39, 0.29) is 22.8 Å². The van der Waals surface area contributed by atoms with Crippen LogP contribution in [0.3, 0.4) is 0 Å². The van der Waals surface area contributed by atoms with Gasteiger partial charge in [-0.25, -0.2) is 0 Å². The minimum atomic E-state index is -0.0241. The van der Waals surface area contributed by atoms with Gasteiger partial charge in [0.15, 0.2) is 0 Å². The second-order valence-corrected chi connectivity index (χ2v) is 6.19. The van der Waals surface area contributed by atoms with Gasteiger partial charge in [-0.1, -0.05) is 33.8 Å². The molecule has 1 amide bonds. The molecule has 0 aromatic heterocycles. The fraction of sp³-hybridized carbons (Fsp3) is 0.714. The van der Waals surface area contributed by atoms with Gasteiger partial charge in [0.05, 0.1) is 5.57 Å². The number of allylic oxidation sites excluding steroid dienone is 1. The van der Waals surface area contributed by atoms with Crippen LogP contribution in [-0.4, -0.2) is 25.2 Å². The predicted octanol–water partition coefficient (Wildman–Crippen LogP) is 2.57. The molecule has 0 aromatic rings. The van der Waals surface area contributed by atoms with Crippen molar-refractivity contribution in [3.63, 3.8) is 0 Å². The molecule has 96 valence electrons. The number of carbonyl (C=O) groups is 1. The van der Waals surface area contributed by atoms with E-state index in [9.17, 15) is 4.79 Å². The Labute approximate surface area is 104 Å². The lowest BCUT2D eigenvalue weighted by Crippen LogP contribution is -2.63. The lowest BCUT2D eigenvalue weighted by atomic mass is 9.52. The van der Waals surface area contributed by atoms with Crippen LogP contribution < -0.4 is 5.32 Å². The molecule has 0 unspecified atom stereocenters. The zero-order chi connectivity index (χ0) is 13.3. The Kier molecular flexibility index (Phi) is 3.80. The highest BCUT2D eigenvalue weighted by Gasteiger charge is 2.53. The number of aliphatic imine (C=N–C) groups is 1. The number of rotatable bonds is 3. The fourth-order valence-electron chi connectivity index (χ4n) is 3.31. The lowest BCUT2D eigenvalue weighted by Gasteiger charge is -2.57. The van der Waals surface area contributed by atoms with E-state index >= 15 is 0 Å². The zero-order valence-electron chi connectivity index (χ0n) is 11.8. The van der Waals surface area contributed by atoms with Crippen molar-refractivity contribution in [2.45, 2.75) is 47.1 Å². The highest BCUT2D eigenvalue weighted by Crippen LogP contribution is 2.53. The van der Waals surface area contributed by atoms with Crippen LogP contribution in [0, 0.1) is 10.8 Å². The maximum Gasteiger partial charge on any atom is 0.252 e. The first-order valence-corrected chi connectivity index (χ1v) is 6.14. The van der Waals surface area contributed by atoms with Crippen molar-refractivity contribution in [3.8, 4) is 0 Å². The van der Waals surface area contributed by atoms with Crippen molar-refractivity contribution >= 4 is 12.1 Å². The third-order valence-electron chi connectivity index (χ3n) is 3.59. The number of hydrogen-bond donors (Lipinski definition) is 1. The molecular formula is C14H24N2O. The van der Waals surface area contributed by atoms with Gasteiger partial charge in [0.1, 0.15) is 0 Å². The molecule has 1 aliphatic rings. The van der Waals surface area contributed by atoms with Crippen LogP contribution in [0.15, 0.2) is 16.6 Å². The van der Waals surface area contributed by atoms with E-state index in [1.807, 2.05) is 6.92 Å². The smallest absolute Gasteiger partial charge is 0.252 e. The molecule has 0 saturated heterocycles. The normalized spacial score (nSPS) is 23.5. The van der Waals surface area contributed by atoms with Gasteiger partial charge in [-0.3, -0.25) is 9.79 Å². The Morgan fingerprint density at radius 1 is 1.29 bits per heavy atom. The van der Waals surface area contributed by atoms with E-state index < -0.39 is 0 Å². The summed E-state index contributed by atoms with van der Waals surface area (Å²) in [4.78, 5) is 16.0. The summed E-state index contributed by atoms with van der Waals surface area (Å²) in [6, 6.07) is 0.225. The van der Waals surface area contributed by atoms with Gasteiger partial charge >= 0.3 is 0 Å². The SMILES string of the molecule is C/C=C(\C=NC)C(=O)NC1C(C)(C)CC1(C)C. The van der Waals surface area contributed by atoms with Gasteiger partial charge in [0.25, 0.3) is 5.91 Å². The molecule has 3 heteroatoms. The molecule has 0 radical (unpaired) electrons. The van der Waals surface area contributed by atoms with Gasteiger partial charge in [0, 0.05) is 19.3 Å². The largest absolute Gasteiger partial charge is 0.348 e. The lowest BCUT2D eigenvalue weighted by molar-refractivity contribution is -0.125. The van der Waals surface area contributed by atoms with Crippen LogP contribution in [0.5, 0.6) is 0 Å². The summed E-state index contributed by atoms with van der Waals surface area (Å²) in [5, 5.41) is 3.13. The van der Waals surface area contributed by atoms with Crippen molar-refractivity contribution in [1.29, 1.82) is 0 Å². The zero-order valence-corrected chi connectivity index (χ0v) is 11.8. The number of hydrogen-bond acceptors (Lipinski definition) is 2. The highest BCUT2D eigenvalue weighted by molar-refractivity contribution is 6.12. The molecule has 0 spiro atoms. The standard InChI is InChI=1S/C14H24N2O/c1-7-10(8-15-6)11(17)16-12-13(2,3)9-14(12,4)5/h7-8,12H,9H2,1-6H3,(H,16,17)/b10-7+,15-8?.